The summed E-state index contributed by atoms with van der Waals surface area (Å²) in [5.41, 5.74) is 0.954. The SMILES string of the molecule is CCCC(Cl)CNCc1cccc(F)c1. The summed E-state index contributed by atoms with van der Waals surface area (Å²) < 4.78 is 12.8. The highest BCUT2D eigenvalue weighted by Crippen LogP contribution is 2.05. The molecule has 1 aromatic rings. The molecule has 1 nitrogen and oxygen atoms in total. The van der Waals surface area contributed by atoms with Crippen LogP contribution in [-0.2, 0) is 6.54 Å². The first kappa shape index (κ1) is 12.5. The third kappa shape index (κ3) is 5.14. The van der Waals surface area contributed by atoms with E-state index in [0.29, 0.717) is 6.54 Å². The lowest BCUT2D eigenvalue weighted by atomic mass is 10.2. The lowest BCUT2D eigenvalue weighted by molar-refractivity contribution is 0.608. The molecule has 1 N–H and O–H groups in total. The van der Waals surface area contributed by atoms with Crippen LogP contribution in [0.1, 0.15) is 25.3 Å². The predicted molar refractivity (Wildman–Crippen MR) is 62.7 cm³/mol. The van der Waals surface area contributed by atoms with E-state index in [4.69, 9.17) is 11.6 Å². The molecule has 84 valence electrons. The summed E-state index contributed by atoms with van der Waals surface area (Å²) in [4.78, 5) is 0. The molecule has 1 rings (SSSR count). The van der Waals surface area contributed by atoms with Crippen LogP contribution in [0.2, 0.25) is 0 Å². The minimum atomic E-state index is -0.190. The summed E-state index contributed by atoms with van der Waals surface area (Å²) >= 11 is 6.04. The first-order chi connectivity index (χ1) is 7.22. The van der Waals surface area contributed by atoms with E-state index in [0.717, 1.165) is 24.9 Å². The van der Waals surface area contributed by atoms with Crippen molar-refractivity contribution >= 4 is 11.6 Å². The fraction of sp³-hybridized carbons (Fsp3) is 0.500. The molecule has 1 unspecified atom stereocenters. The second-order valence-electron chi connectivity index (χ2n) is 3.65. The number of hydrogen-bond acceptors (Lipinski definition) is 1. The van der Waals surface area contributed by atoms with Crippen LogP contribution in [-0.4, -0.2) is 11.9 Å². The molecule has 0 aliphatic rings. The maximum Gasteiger partial charge on any atom is 0.123 e. The van der Waals surface area contributed by atoms with Crippen molar-refractivity contribution in [3.05, 3.63) is 35.6 Å². The Labute approximate surface area is 95.6 Å². The van der Waals surface area contributed by atoms with E-state index in [1.54, 1.807) is 6.07 Å². The topological polar surface area (TPSA) is 12.0 Å². The van der Waals surface area contributed by atoms with Crippen LogP contribution in [0.4, 0.5) is 4.39 Å². The molecule has 0 radical (unpaired) electrons. The summed E-state index contributed by atoms with van der Waals surface area (Å²) in [6.45, 7) is 3.55. The molecule has 0 aliphatic heterocycles. The molecule has 0 saturated heterocycles. The van der Waals surface area contributed by atoms with Crippen LogP contribution < -0.4 is 5.32 Å². The Morgan fingerprint density at radius 2 is 2.27 bits per heavy atom. The van der Waals surface area contributed by atoms with E-state index in [1.165, 1.54) is 12.1 Å². The zero-order valence-corrected chi connectivity index (χ0v) is 9.73. The highest BCUT2D eigenvalue weighted by atomic mass is 35.5. The zero-order chi connectivity index (χ0) is 11.1. The van der Waals surface area contributed by atoms with E-state index in [1.807, 2.05) is 6.07 Å². The van der Waals surface area contributed by atoms with Crippen molar-refractivity contribution in [2.75, 3.05) is 6.54 Å². The highest BCUT2D eigenvalue weighted by Gasteiger charge is 2.02. The molecular formula is C12H17ClFN. The lowest BCUT2D eigenvalue weighted by Gasteiger charge is -2.09. The van der Waals surface area contributed by atoms with Crippen molar-refractivity contribution in [1.82, 2.24) is 5.32 Å². The van der Waals surface area contributed by atoms with Crippen molar-refractivity contribution in [2.24, 2.45) is 0 Å². The number of rotatable bonds is 6. The lowest BCUT2D eigenvalue weighted by Crippen LogP contribution is -2.22. The van der Waals surface area contributed by atoms with Crippen molar-refractivity contribution in [1.29, 1.82) is 0 Å². The zero-order valence-electron chi connectivity index (χ0n) is 8.97. The van der Waals surface area contributed by atoms with Gasteiger partial charge in [0, 0.05) is 18.5 Å². The molecule has 3 heteroatoms. The van der Waals surface area contributed by atoms with Gasteiger partial charge in [0.1, 0.15) is 5.82 Å². The van der Waals surface area contributed by atoms with Crippen molar-refractivity contribution < 1.29 is 4.39 Å². The Balaban J connectivity index is 2.25. The number of benzene rings is 1. The highest BCUT2D eigenvalue weighted by molar-refractivity contribution is 6.20. The van der Waals surface area contributed by atoms with Gasteiger partial charge in [-0.2, -0.15) is 0 Å². The van der Waals surface area contributed by atoms with Crippen LogP contribution in [0.5, 0.6) is 0 Å². The Bertz CT molecular complexity index is 291. The van der Waals surface area contributed by atoms with E-state index >= 15 is 0 Å². The Morgan fingerprint density at radius 1 is 1.47 bits per heavy atom. The number of alkyl halides is 1. The van der Waals surface area contributed by atoms with Crippen LogP contribution in [0.3, 0.4) is 0 Å². The average molecular weight is 230 g/mol. The third-order valence-corrected chi connectivity index (χ3v) is 2.56. The van der Waals surface area contributed by atoms with Gasteiger partial charge in [-0.05, 0) is 24.1 Å². The number of nitrogens with one attached hydrogen (secondary N) is 1. The van der Waals surface area contributed by atoms with Crippen LogP contribution in [0.25, 0.3) is 0 Å². The summed E-state index contributed by atoms with van der Waals surface area (Å²) in [7, 11) is 0. The number of hydrogen-bond donors (Lipinski definition) is 1. The van der Waals surface area contributed by atoms with Crippen LogP contribution in [0.15, 0.2) is 24.3 Å². The normalized spacial score (nSPS) is 12.7. The molecule has 0 aliphatic carbocycles. The summed E-state index contributed by atoms with van der Waals surface area (Å²) in [6.07, 6.45) is 2.10. The Hall–Kier alpha value is -0.600. The van der Waals surface area contributed by atoms with E-state index in [2.05, 4.69) is 12.2 Å². The second-order valence-corrected chi connectivity index (χ2v) is 4.26. The molecule has 1 aromatic carbocycles. The summed E-state index contributed by atoms with van der Waals surface area (Å²) in [5.74, 6) is -0.190. The second kappa shape index (κ2) is 6.81. The fourth-order valence-corrected chi connectivity index (χ4v) is 1.76. The monoisotopic (exact) mass is 229 g/mol. The minimum Gasteiger partial charge on any atom is -0.311 e. The van der Waals surface area contributed by atoms with Gasteiger partial charge in [-0.15, -0.1) is 11.6 Å². The average Bonchev–Trinajstić information content (AvgIpc) is 2.18. The molecule has 0 amide bonds. The van der Waals surface area contributed by atoms with Gasteiger partial charge in [0.2, 0.25) is 0 Å². The van der Waals surface area contributed by atoms with Crippen LogP contribution in [0, 0.1) is 5.82 Å². The molecule has 0 saturated carbocycles. The minimum absolute atomic E-state index is 0.170. The predicted octanol–water partition coefficient (Wildman–Crippen LogP) is 3.32. The van der Waals surface area contributed by atoms with Gasteiger partial charge in [0.05, 0.1) is 0 Å². The van der Waals surface area contributed by atoms with Crippen molar-refractivity contribution in [2.45, 2.75) is 31.7 Å². The molecule has 0 heterocycles. The van der Waals surface area contributed by atoms with Gasteiger partial charge < -0.3 is 5.32 Å². The van der Waals surface area contributed by atoms with Crippen molar-refractivity contribution in [3.63, 3.8) is 0 Å². The third-order valence-electron chi connectivity index (χ3n) is 2.19. The van der Waals surface area contributed by atoms with Crippen LogP contribution >= 0.6 is 11.6 Å². The molecular weight excluding hydrogens is 213 g/mol. The first-order valence-electron chi connectivity index (χ1n) is 5.31. The molecule has 0 spiro atoms. The van der Waals surface area contributed by atoms with Gasteiger partial charge in [0.25, 0.3) is 0 Å². The summed E-state index contributed by atoms with van der Waals surface area (Å²) in [6, 6.07) is 6.61. The van der Waals surface area contributed by atoms with Crippen molar-refractivity contribution in [3.8, 4) is 0 Å². The quantitative estimate of drug-likeness (QED) is 0.738. The van der Waals surface area contributed by atoms with Gasteiger partial charge in [0.15, 0.2) is 0 Å². The van der Waals surface area contributed by atoms with Gasteiger partial charge in [-0.25, -0.2) is 4.39 Å². The molecule has 15 heavy (non-hydrogen) atoms. The van der Waals surface area contributed by atoms with Gasteiger partial charge in [-0.3, -0.25) is 0 Å². The standard InChI is InChI=1S/C12H17ClFN/c1-2-4-11(13)9-15-8-10-5-3-6-12(14)7-10/h3,5-7,11,15H,2,4,8-9H2,1H3. The molecule has 1 atom stereocenters. The summed E-state index contributed by atoms with van der Waals surface area (Å²) in [5, 5.41) is 3.38. The molecule has 0 bridgehead atoms. The van der Waals surface area contributed by atoms with E-state index in [-0.39, 0.29) is 11.2 Å². The first-order valence-corrected chi connectivity index (χ1v) is 5.75. The maximum absolute atomic E-state index is 12.8. The van der Waals surface area contributed by atoms with Gasteiger partial charge >= 0.3 is 0 Å². The van der Waals surface area contributed by atoms with E-state index in [9.17, 15) is 4.39 Å². The molecule has 0 aromatic heterocycles. The Morgan fingerprint density at radius 3 is 2.93 bits per heavy atom. The largest absolute Gasteiger partial charge is 0.311 e. The van der Waals surface area contributed by atoms with Gasteiger partial charge in [-0.1, -0.05) is 25.5 Å². The fourth-order valence-electron chi connectivity index (χ4n) is 1.44. The Kier molecular flexibility index (Phi) is 5.66. The smallest absolute Gasteiger partial charge is 0.123 e. The molecule has 0 fully saturated rings. The number of halogens is 2. The van der Waals surface area contributed by atoms with E-state index < -0.39 is 0 Å². The maximum atomic E-state index is 12.8.